The highest BCUT2D eigenvalue weighted by atomic mass is 32.1. The van der Waals surface area contributed by atoms with E-state index in [2.05, 4.69) is 16.4 Å². The van der Waals surface area contributed by atoms with Crippen LogP contribution in [0.3, 0.4) is 0 Å². The van der Waals surface area contributed by atoms with Crippen molar-refractivity contribution in [3.63, 3.8) is 0 Å². The number of anilines is 1. The number of nitrogens with one attached hydrogen (secondary N) is 1. The zero-order chi connectivity index (χ0) is 11.4. The zero-order valence-corrected chi connectivity index (χ0v) is 9.71. The Hall–Kier alpha value is -1.86. The van der Waals surface area contributed by atoms with Crippen LogP contribution in [0.15, 0.2) is 29.9 Å². The molecule has 0 unspecified atom stereocenters. The molecule has 0 atom stereocenters. The summed E-state index contributed by atoms with van der Waals surface area (Å²) in [5, 5.41) is 12.2. The van der Waals surface area contributed by atoms with E-state index in [1.165, 1.54) is 4.88 Å². The maximum Gasteiger partial charge on any atom is 0.0995 e. The van der Waals surface area contributed by atoms with Crippen LogP contribution in [-0.4, -0.2) is 4.98 Å². The van der Waals surface area contributed by atoms with Crippen molar-refractivity contribution in [3.05, 3.63) is 45.9 Å². The van der Waals surface area contributed by atoms with Gasteiger partial charge in [0.1, 0.15) is 0 Å². The molecule has 0 bridgehead atoms. The van der Waals surface area contributed by atoms with Crippen molar-refractivity contribution in [2.24, 2.45) is 0 Å². The molecule has 0 saturated heterocycles. The maximum atomic E-state index is 8.91. The number of rotatable bonds is 3. The maximum absolute atomic E-state index is 8.91. The van der Waals surface area contributed by atoms with E-state index in [0.717, 1.165) is 17.8 Å². The fourth-order valence-electron chi connectivity index (χ4n) is 1.46. The van der Waals surface area contributed by atoms with Crippen LogP contribution in [0.25, 0.3) is 0 Å². The number of hydrogen-bond acceptors (Lipinski definition) is 4. The van der Waals surface area contributed by atoms with Crippen LogP contribution in [-0.2, 0) is 6.54 Å². The Morgan fingerprint density at radius 2 is 2.38 bits per heavy atom. The fourth-order valence-corrected chi connectivity index (χ4v) is 1.99. The van der Waals surface area contributed by atoms with Gasteiger partial charge in [-0.05, 0) is 24.6 Å². The van der Waals surface area contributed by atoms with Crippen molar-refractivity contribution < 1.29 is 0 Å². The molecule has 0 saturated carbocycles. The molecule has 2 aromatic rings. The van der Waals surface area contributed by atoms with Crippen molar-refractivity contribution in [2.75, 3.05) is 5.32 Å². The Bertz CT molecular complexity index is 512. The minimum Gasteiger partial charge on any atom is -0.380 e. The van der Waals surface area contributed by atoms with Gasteiger partial charge in [0.15, 0.2) is 0 Å². The van der Waals surface area contributed by atoms with Gasteiger partial charge in [0.05, 0.1) is 23.7 Å². The first-order chi connectivity index (χ1) is 7.81. The number of thiazole rings is 1. The third-order valence-electron chi connectivity index (χ3n) is 2.39. The Balaban J connectivity index is 2.13. The summed E-state index contributed by atoms with van der Waals surface area (Å²) < 4.78 is 0. The molecule has 1 N–H and O–H groups in total. The van der Waals surface area contributed by atoms with Crippen molar-refractivity contribution in [1.82, 2.24) is 4.98 Å². The highest BCUT2D eigenvalue weighted by Crippen LogP contribution is 2.19. The molecule has 1 aromatic heterocycles. The van der Waals surface area contributed by atoms with E-state index >= 15 is 0 Å². The number of aromatic nitrogens is 1. The van der Waals surface area contributed by atoms with Crippen molar-refractivity contribution >= 4 is 17.0 Å². The molecule has 3 nitrogen and oxygen atoms in total. The predicted octanol–water partition coefficient (Wildman–Crippen LogP) is 2.94. The molecule has 0 radical (unpaired) electrons. The molecule has 0 spiro atoms. The van der Waals surface area contributed by atoms with Crippen molar-refractivity contribution in [2.45, 2.75) is 13.5 Å². The van der Waals surface area contributed by atoms with Crippen LogP contribution >= 0.6 is 11.3 Å². The summed E-state index contributed by atoms with van der Waals surface area (Å²) in [5.41, 5.74) is 4.53. The van der Waals surface area contributed by atoms with E-state index in [9.17, 15) is 0 Å². The summed E-state index contributed by atoms with van der Waals surface area (Å²) in [6.45, 7) is 2.70. The summed E-state index contributed by atoms with van der Waals surface area (Å²) in [6.07, 6.45) is 1.85. The van der Waals surface area contributed by atoms with Gasteiger partial charge in [0, 0.05) is 16.8 Å². The third kappa shape index (κ3) is 2.20. The SMILES string of the molecule is Cc1c(C#N)cccc1NCc1cncs1. The molecule has 0 aliphatic heterocycles. The predicted molar refractivity (Wildman–Crippen MR) is 65.3 cm³/mol. The van der Waals surface area contributed by atoms with Crippen LogP contribution in [0, 0.1) is 18.3 Å². The Kier molecular flexibility index (Phi) is 3.18. The lowest BCUT2D eigenvalue weighted by Crippen LogP contribution is -2.00. The summed E-state index contributed by atoms with van der Waals surface area (Å²) in [6, 6.07) is 7.88. The quantitative estimate of drug-likeness (QED) is 0.880. The van der Waals surface area contributed by atoms with Gasteiger partial charge in [0.25, 0.3) is 0 Å². The zero-order valence-electron chi connectivity index (χ0n) is 8.90. The first-order valence-electron chi connectivity index (χ1n) is 4.92. The lowest BCUT2D eigenvalue weighted by Gasteiger charge is -2.08. The normalized spacial score (nSPS) is 9.75. The van der Waals surface area contributed by atoms with E-state index in [4.69, 9.17) is 5.26 Å². The van der Waals surface area contributed by atoms with Crippen molar-refractivity contribution in [3.8, 4) is 6.07 Å². The summed E-state index contributed by atoms with van der Waals surface area (Å²) >= 11 is 1.62. The first kappa shape index (κ1) is 10.7. The molecular formula is C12H11N3S. The van der Waals surface area contributed by atoms with Gasteiger partial charge in [-0.2, -0.15) is 5.26 Å². The van der Waals surface area contributed by atoms with Gasteiger partial charge in [0.2, 0.25) is 0 Å². The molecule has 0 amide bonds. The van der Waals surface area contributed by atoms with Crippen LogP contribution < -0.4 is 5.32 Å². The smallest absolute Gasteiger partial charge is 0.0995 e. The van der Waals surface area contributed by atoms with Crippen molar-refractivity contribution in [1.29, 1.82) is 5.26 Å². The standard InChI is InChI=1S/C12H11N3S/c1-9-10(5-13)3-2-4-12(9)15-7-11-6-14-8-16-11/h2-4,6,8,15H,7H2,1H3. The number of nitriles is 1. The van der Waals surface area contributed by atoms with E-state index in [1.54, 1.807) is 11.3 Å². The average molecular weight is 229 g/mol. The largest absolute Gasteiger partial charge is 0.380 e. The van der Waals surface area contributed by atoms with Crippen LogP contribution in [0.2, 0.25) is 0 Å². The van der Waals surface area contributed by atoms with Gasteiger partial charge < -0.3 is 5.32 Å². The minimum absolute atomic E-state index is 0.717. The summed E-state index contributed by atoms with van der Waals surface area (Å²) in [5.74, 6) is 0. The van der Waals surface area contributed by atoms with E-state index in [0.29, 0.717) is 5.56 Å². The Morgan fingerprint density at radius 1 is 1.50 bits per heavy atom. The molecule has 4 heteroatoms. The highest BCUT2D eigenvalue weighted by molar-refractivity contribution is 7.09. The molecule has 0 aliphatic carbocycles. The molecule has 0 aliphatic rings. The van der Waals surface area contributed by atoms with E-state index in [-0.39, 0.29) is 0 Å². The lowest BCUT2D eigenvalue weighted by atomic mass is 10.1. The first-order valence-corrected chi connectivity index (χ1v) is 5.80. The molecule has 2 rings (SSSR count). The molecule has 0 fully saturated rings. The van der Waals surface area contributed by atoms with E-state index in [1.807, 2.05) is 36.8 Å². The average Bonchev–Trinajstić information content (AvgIpc) is 2.81. The number of benzene rings is 1. The summed E-state index contributed by atoms with van der Waals surface area (Å²) in [4.78, 5) is 5.20. The lowest BCUT2D eigenvalue weighted by molar-refractivity contribution is 1.16. The molecule has 1 aromatic carbocycles. The second kappa shape index (κ2) is 4.77. The van der Waals surface area contributed by atoms with Crippen LogP contribution in [0.1, 0.15) is 16.0 Å². The second-order valence-electron chi connectivity index (χ2n) is 3.41. The second-order valence-corrected chi connectivity index (χ2v) is 4.38. The number of nitrogens with zero attached hydrogens (tertiary/aromatic N) is 2. The van der Waals surface area contributed by atoms with Gasteiger partial charge in [-0.3, -0.25) is 4.98 Å². The molecule has 80 valence electrons. The monoisotopic (exact) mass is 229 g/mol. The number of hydrogen-bond donors (Lipinski definition) is 1. The van der Waals surface area contributed by atoms with Crippen LogP contribution in [0.4, 0.5) is 5.69 Å². The van der Waals surface area contributed by atoms with Gasteiger partial charge in [-0.1, -0.05) is 6.07 Å². The molecule has 16 heavy (non-hydrogen) atoms. The minimum atomic E-state index is 0.717. The van der Waals surface area contributed by atoms with Gasteiger partial charge in [-0.25, -0.2) is 0 Å². The van der Waals surface area contributed by atoms with Crippen LogP contribution in [0.5, 0.6) is 0 Å². The topological polar surface area (TPSA) is 48.7 Å². The summed E-state index contributed by atoms with van der Waals surface area (Å²) in [7, 11) is 0. The van der Waals surface area contributed by atoms with Gasteiger partial charge in [-0.15, -0.1) is 11.3 Å². The van der Waals surface area contributed by atoms with Gasteiger partial charge >= 0.3 is 0 Å². The fraction of sp³-hybridized carbons (Fsp3) is 0.167. The third-order valence-corrected chi connectivity index (χ3v) is 3.17. The Morgan fingerprint density at radius 3 is 3.06 bits per heavy atom. The van der Waals surface area contributed by atoms with E-state index < -0.39 is 0 Å². The molecular weight excluding hydrogens is 218 g/mol. The molecule has 1 heterocycles. The Labute approximate surface area is 98.4 Å². The highest BCUT2D eigenvalue weighted by Gasteiger charge is 2.03.